The molecule has 0 heterocycles. The fourth-order valence-electron chi connectivity index (χ4n) is 1.60. The van der Waals surface area contributed by atoms with E-state index in [1.165, 1.54) is 12.8 Å². The lowest BCUT2D eigenvalue weighted by molar-refractivity contribution is -0.120. The van der Waals surface area contributed by atoms with E-state index in [1.54, 1.807) is 11.8 Å². The molecule has 1 aliphatic rings. The Morgan fingerprint density at radius 2 is 2.08 bits per heavy atom. The number of ketones is 1. The van der Waals surface area contributed by atoms with Crippen LogP contribution in [0, 0.1) is 5.92 Å². The maximum absolute atomic E-state index is 11.4. The van der Waals surface area contributed by atoms with E-state index in [4.69, 9.17) is 5.11 Å². The van der Waals surface area contributed by atoms with E-state index in [9.17, 15) is 4.79 Å². The molecule has 70 valence electrons. The van der Waals surface area contributed by atoms with Gasteiger partial charge in [-0.25, -0.2) is 0 Å². The molecule has 0 radical (unpaired) electrons. The maximum Gasteiger partial charge on any atom is 0.145 e. The van der Waals surface area contributed by atoms with Crippen LogP contribution in [-0.2, 0) is 4.79 Å². The molecule has 0 saturated heterocycles. The minimum absolute atomic E-state index is 0.183. The predicted octanol–water partition coefficient (Wildman–Crippen LogP) is 1.47. The van der Waals surface area contributed by atoms with Gasteiger partial charge in [0.15, 0.2) is 0 Å². The van der Waals surface area contributed by atoms with Crippen molar-refractivity contribution in [3.8, 4) is 0 Å². The second-order valence-corrected chi connectivity index (χ2v) is 4.33. The molecule has 1 saturated carbocycles. The molecule has 0 atom stereocenters. The van der Waals surface area contributed by atoms with Crippen molar-refractivity contribution < 1.29 is 9.90 Å². The lowest BCUT2D eigenvalue weighted by Gasteiger charge is -2.06. The Balaban J connectivity index is 2.10. The normalized spacial score (nSPS) is 18.4. The minimum Gasteiger partial charge on any atom is -0.396 e. The van der Waals surface area contributed by atoms with Crippen LogP contribution in [0.3, 0.4) is 0 Å². The maximum atomic E-state index is 11.4. The number of hydrogen-bond donors (Lipinski definition) is 1. The number of carbonyl (C=O) groups is 1. The molecule has 0 aromatic rings. The molecule has 0 unspecified atom stereocenters. The highest BCUT2D eigenvalue weighted by molar-refractivity contribution is 7.99. The van der Waals surface area contributed by atoms with Gasteiger partial charge in [0, 0.05) is 11.7 Å². The molecule has 3 heteroatoms. The molecule has 0 aliphatic heterocycles. The summed E-state index contributed by atoms with van der Waals surface area (Å²) >= 11 is 1.55. The molecule has 1 rings (SSSR count). The van der Waals surface area contributed by atoms with Gasteiger partial charge in [-0.1, -0.05) is 12.8 Å². The SMILES string of the molecule is O=C(CSCCO)C1CCCC1. The smallest absolute Gasteiger partial charge is 0.145 e. The summed E-state index contributed by atoms with van der Waals surface area (Å²) in [6.07, 6.45) is 4.64. The fraction of sp³-hybridized carbons (Fsp3) is 0.889. The van der Waals surface area contributed by atoms with Crippen LogP contribution in [0.5, 0.6) is 0 Å². The van der Waals surface area contributed by atoms with E-state index in [0.717, 1.165) is 12.8 Å². The van der Waals surface area contributed by atoms with Crippen LogP contribution < -0.4 is 0 Å². The monoisotopic (exact) mass is 188 g/mol. The zero-order valence-corrected chi connectivity index (χ0v) is 8.11. The molecule has 0 aromatic carbocycles. The van der Waals surface area contributed by atoms with E-state index in [2.05, 4.69) is 0 Å². The second-order valence-electron chi connectivity index (χ2n) is 3.22. The molecule has 0 bridgehead atoms. The lowest BCUT2D eigenvalue weighted by Crippen LogP contribution is -2.13. The molecular weight excluding hydrogens is 172 g/mol. The summed E-state index contributed by atoms with van der Waals surface area (Å²) < 4.78 is 0. The third kappa shape index (κ3) is 3.15. The number of hydrogen-bond acceptors (Lipinski definition) is 3. The number of Topliss-reactive ketones (excluding diaryl/α,β-unsaturated/α-hetero) is 1. The third-order valence-electron chi connectivity index (χ3n) is 2.29. The number of aliphatic hydroxyl groups excluding tert-OH is 1. The average Bonchev–Trinajstić information content (AvgIpc) is 2.56. The number of carbonyl (C=O) groups excluding carboxylic acids is 1. The number of thioether (sulfide) groups is 1. The molecule has 0 amide bonds. The van der Waals surface area contributed by atoms with Crippen molar-refractivity contribution in [3.63, 3.8) is 0 Å². The predicted molar refractivity (Wildman–Crippen MR) is 51.4 cm³/mol. The van der Waals surface area contributed by atoms with Crippen LogP contribution in [-0.4, -0.2) is 29.0 Å². The zero-order valence-electron chi connectivity index (χ0n) is 7.29. The summed E-state index contributed by atoms with van der Waals surface area (Å²) in [4.78, 5) is 11.4. The van der Waals surface area contributed by atoms with Gasteiger partial charge in [0.1, 0.15) is 5.78 Å². The summed E-state index contributed by atoms with van der Waals surface area (Å²) in [5, 5.41) is 8.51. The molecule has 1 fully saturated rings. The Morgan fingerprint density at radius 1 is 1.42 bits per heavy atom. The standard InChI is InChI=1S/C9H16O2S/c10-5-6-12-7-9(11)8-3-1-2-4-8/h8,10H,1-7H2. The van der Waals surface area contributed by atoms with Crippen molar-refractivity contribution in [1.29, 1.82) is 0 Å². The first-order valence-corrected chi connectivity index (χ1v) is 5.71. The fourth-order valence-corrected chi connectivity index (χ4v) is 2.31. The van der Waals surface area contributed by atoms with Gasteiger partial charge in [0.25, 0.3) is 0 Å². The topological polar surface area (TPSA) is 37.3 Å². The number of aliphatic hydroxyl groups is 1. The molecule has 2 nitrogen and oxygen atoms in total. The first kappa shape index (κ1) is 10.1. The van der Waals surface area contributed by atoms with Gasteiger partial charge in [0.2, 0.25) is 0 Å². The zero-order chi connectivity index (χ0) is 8.81. The number of rotatable bonds is 5. The van der Waals surface area contributed by atoms with Crippen LogP contribution >= 0.6 is 11.8 Å². The highest BCUT2D eigenvalue weighted by Crippen LogP contribution is 2.26. The largest absolute Gasteiger partial charge is 0.396 e. The van der Waals surface area contributed by atoms with E-state index in [1.807, 2.05) is 0 Å². The second kappa shape index (κ2) is 5.60. The van der Waals surface area contributed by atoms with E-state index in [0.29, 0.717) is 23.2 Å². The average molecular weight is 188 g/mol. The summed E-state index contributed by atoms with van der Waals surface area (Å²) in [5.41, 5.74) is 0. The highest BCUT2D eigenvalue weighted by atomic mass is 32.2. The Hall–Kier alpha value is -0.0200. The molecule has 0 aromatic heterocycles. The van der Waals surface area contributed by atoms with Crippen LogP contribution in [0.25, 0.3) is 0 Å². The van der Waals surface area contributed by atoms with Crippen molar-refractivity contribution in [2.75, 3.05) is 18.1 Å². The van der Waals surface area contributed by atoms with Gasteiger partial charge in [-0.2, -0.15) is 11.8 Å². The Kier molecular flexibility index (Phi) is 4.69. The molecule has 0 spiro atoms. The van der Waals surface area contributed by atoms with Crippen LogP contribution in [0.1, 0.15) is 25.7 Å². The molecule has 1 N–H and O–H groups in total. The molecule has 12 heavy (non-hydrogen) atoms. The molecule has 1 aliphatic carbocycles. The van der Waals surface area contributed by atoms with Crippen molar-refractivity contribution in [1.82, 2.24) is 0 Å². The van der Waals surface area contributed by atoms with E-state index >= 15 is 0 Å². The highest BCUT2D eigenvalue weighted by Gasteiger charge is 2.21. The summed E-state index contributed by atoms with van der Waals surface area (Å²) in [5.74, 6) is 2.03. The van der Waals surface area contributed by atoms with Crippen molar-refractivity contribution in [2.24, 2.45) is 5.92 Å². The van der Waals surface area contributed by atoms with Crippen LogP contribution in [0.15, 0.2) is 0 Å². The quantitative estimate of drug-likeness (QED) is 0.664. The van der Waals surface area contributed by atoms with Gasteiger partial charge >= 0.3 is 0 Å². The summed E-state index contributed by atoms with van der Waals surface area (Å²) in [7, 11) is 0. The van der Waals surface area contributed by atoms with Gasteiger partial charge in [-0.3, -0.25) is 4.79 Å². The van der Waals surface area contributed by atoms with E-state index in [-0.39, 0.29) is 6.61 Å². The first-order chi connectivity index (χ1) is 5.84. The minimum atomic E-state index is 0.183. The van der Waals surface area contributed by atoms with Crippen LogP contribution in [0.4, 0.5) is 0 Å². The van der Waals surface area contributed by atoms with Gasteiger partial charge in [-0.15, -0.1) is 0 Å². The van der Waals surface area contributed by atoms with Crippen molar-refractivity contribution in [3.05, 3.63) is 0 Å². The Bertz CT molecular complexity index is 141. The van der Waals surface area contributed by atoms with Crippen molar-refractivity contribution >= 4 is 17.5 Å². The van der Waals surface area contributed by atoms with Gasteiger partial charge in [0.05, 0.1) is 12.4 Å². The summed E-state index contributed by atoms with van der Waals surface area (Å²) in [6, 6.07) is 0. The molecular formula is C9H16O2S. The Morgan fingerprint density at radius 3 is 2.67 bits per heavy atom. The van der Waals surface area contributed by atoms with Crippen molar-refractivity contribution in [2.45, 2.75) is 25.7 Å². The third-order valence-corrected chi connectivity index (χ3v) is 3.25. The van der Waals surface area contributed by atoms with Crippen LogP contribution in [0.2, 0.25) is 0 Å². The van der Waals surface area contributed by atoms with E-state index < -0.39 is 0 Å². The first-order valence-electron chi connectivity index (χ1n) is 4.56. The summed E-state index contributed by atoms with van der Waals surface area (Å²) in [6.45, 7) is 0.183. The van der Waals surface area contributed by atoms with Gasteiger partial charge < -0.3 is 5.11 Å². The Labute approximate surface area is 77.7 Å². The lowest BCUT2D eigenvalue weighted by atomic mass is 10.0. The van der Waals surface area contributed by atoms with Gasteiger partial charge in [-0.05, 0) is 12.8 Å².